The van der Waals surface area contributed by atoms with Gasteiger partial charge in [0.15, 0.2) is 0 Å². The average molecular weight is 199 g/mol. The summed E-state index contributed by atoms with van der Waals surface area (Å²) in [5.41, 5.74) is 9.69. The minimum absolute atomic E-state index is 0. The second kappa shape index (κ2) is 31.5. The third-order valence-corrected chi connectivity index (χ3v) is 0.175. The molecule has 76 valence electrons. The predicted octanol–water partition coefficient (Wildman–Crippen LogP) is 0.609. The number of carbonyl (C=O) groups is 1. The third-order valence-electron chi connectivity index (χ3n) is 0.175. The number of carboxylic acids is 1. The number of carboxylic acid groups (broad SMARTS) is 1. The molecule has 0 radical (unpaired) electrons. The van der Waals surface area contributed by atoms with Gasteiger partial charge in [-0.3, -0.25) is 0 Å². The van der Waals surface area contributed by atoms with E-state index < -0.39 is 5.97 Å². The lowest BCUT2D eigenvalue weighted by Crippen LogP contribution is -1.87. The summed E-state index contributed by atoms with van der Waals surface area (Å²) in [5, 5.41) is 7.60. The van der Waals surface area contributed by atoms with Crippen LogP contribution in [-0.4, -0.2) is 24.2 Å². The lowest BCUT2D eigenvalue weighted by Gasteiger charge is -1.64. The molecule has 5 heteroatoms. The zero-order chi connectivity index (χ0) is 9.70. The predicted molar refractivity (Wildman–Crippen MR) is 54.5 cm³/mol. The Morgan fingerprint density at radius 1 is 1.42 bits per heavy atom. The molecule has 5 N–H and O–H groups in total. The Kier molecular flexibility index (Phi) is 59.1. The van der Waals surface area contributed by atoms with Gasteiger partial charge >= 0.3 is 5.97 Å². The highest BCUT2D eigenvalue weighted by Crippen LogP contribution is 1.54. The quantitative estimate of drug-likeness (QED) is 0.539. The van der Waals surface area contributed by atoms with Gasteiger partial charge in [-0.05, 0) is 13.1 Å². The van der Waals surface area contributed by atoms with E-state index >= 15 is 0 Å². The van der Waals surface area contributed by atoms with Gasteiger partial charge in [0.05, 0.1) is 0 Å². The van der Waals surface area contributed by atoms with E-state index in [1.807, 2.05) is 13.8 Å². The van der Waals surface area contributed by atoms with Crippen LogP contribution in [0, 0.1) is 0 Å². The zero-order valence-corrected chi connectivity index (χ0v) is 8.43. The Hall–Kier alpha value is -0.580. The SMILES string of the molecule is C=CC(=O)O.CCN.CCN.Cl. The van der Waals surface area contributed by atoms with E-state index in [9.17, 15) is 4.79 Å². The van der Waals surface area contributed by atoms with Crippen LogP contribution in [0.15, 0.2) is 12.7 Å². The van der Waals surface area contributed by atoms with Gasteiger partial charge in [0.1, 0.15) is 0 Å². The number of rotatable bonds is 1. The number of halogens is 1. The molecule has 0 aliphatic heterocycles. The van der Waals surface area contributed by atoms with Gasteiger partial charge in [-0.2, -0.15) is 0 Å². The highest BCUT2D eigenvalue weighted by molar-refractivity contribution is 5.85. The lowest BCUT2D eigenvalue weighted by atomic mass is 10.7. The van der Waals surface area contributed by atoms with Gasteiger partial charge in [-0.1, -0.05) is 20.4 Å². The van der Waals surface area contributed by atoms with Crippen LogP contribution in [-0.2, 0) is 4.79 Å². The van der Waals surface area contributed by atoms with Crippen molar-refractivity contribution < 1.29 is 9.90 Å². The van der Waals surface area contributed by atoms with Gasteiger partial charge in [0.25, 0.3) is 0 Å². The maximum atomic E-state index is 9.25. The monoisotopic (exact) mass is 198 g/mol. The van der Waals surface area contributed by atoms with Crippen LogP contribution in [0.3, 0.4) is 0 Å². The van der Waals surface area contributed by atoms with Gasteiger partial charge in [-0.15, -0.1) is 12.4 Å². The highest BCUT2D eigenvalue weighted by atomic mass is 35.5. The number of aliphatic carboxylic acids is 1. The van der Waals surface area contributed by atoms with Crippen LogP contribution in [0.2, 0.25) is 0 Å². The number of nitrogens with two attached hydrogens (primary N) is 2. The summed E-state index contributed by atoms with van der Waals surface area (Å²) in [6.45, 7) is 8.27. The molecular weight excluding hydrogens is 180 g/mol. The summed E-state index contributed by atoms with van der Waals surface area (Å²) in [5.74, 6) is -0.981. The minimum Gasteiger partial charge on any atom is -0.478 e. The van der Waals surface area contributed by atoms with Crippen LogP contribution >= 0.6 is 12.4 Å². The average Bonchev–Trinajstić information content (AvgIpc) is 1.91. The Morgan fingerprint density at radius 3 is 1.50 bits per heavy atom. The molecule has 0 spiro atoms. The normalized spacial score (nSPS) is 5.67. The summed E-state index contributed by atoms with van der Waals surface area (Å²) in [4.78, 5) is 9.25. The van der Waals surface area contributed by atoms with E-state index in [1.165, 1.54) is 0 Å². The Morgan fingerprint density at radius 2 is 1.50 bits per heavy atom. The molecule has 0 aromatic heterocycles. The molecule has 0 unspecified atom stereocenters. The fourth-order valence-corrected chi connectivity index (χ4v) is 0. The van der Waals surface area contributed by atoms with Gasteiger partial charge in [0, 0.05) is 6.08 Å². The number of hydrogen-bond donors (Lipinski definition) is 3. The van der Waals surface area contributed by atoms with Crippen molar-refractivity contribution in [1.82, 2.24) is 0 Å². The molecule has 0 amide bonds. The maximum Gasteiger partial charge on any atom is 0.327 e. The van der Waals surface area contributed by atoms with Crippen molar-refractivity contribution in [3.05, 3.63) is 12.7 Å². The van der Waals surface area contributed by atoms with Crippen LogP contribution in [0.1, 0.15) is 13.8 Å². The topological polar surface area (TPSA) is 89.3 Å². The summed E-state index contributed by atoms with van der Waals surface area (Å²) in [7, 11) is 0. The summed E-state index contributed by atoms with van der Waals surface area (Å²) >= 11 is 0. The van der Waals surface area contributed by atoms with Gasteiger partial charge in [0.2, 0.25) is 0 Å². The molecule has 0 aliphatic carbocycles. The highest BCUT2D eigenvalue weighted by Gasteiger charge is 1.73. The van der Waals surface area contributed by atoms with Crippen molar-refractivity contribution in [2.75, 3.05) is 13.1 Å². The Labute approximate surface area is 80.0 Å². The molecule has 0 rings (SSSR count). The van der Waals surface area contributed by atoms with Crippen LogP contribution in [0.25, 0.3) is 0 Å². The Balaban J connectivity index is -0.0000000406. The first-order valence-corrected chi connectivity index (χ1v) is 3.36. The van der Waals surface area contributed by atoms with Crippen LogP contribution in [0.4, 0.5) is 0 Å². The van der Waals surface area contributed by atoms with Crippen LogP contribution in [0.5, 0.6) is 0 Å². The van der Waals surface area contributed by atoms with Crippen molar-refractivity contribution >= 4 is 18.4 Å². The van der Waals surface area contributed by atoms with E-state index in [4.69, 9.17) is 16.6 Å². The fraction of sp³-hybridized carbons (Fsp3) is 0.571. The van der Waals surface area contributed by atoms with Crippen molar-refractivity contribution in [3.8, 4) is 0 Å². The molecule has 0 atom stereocenters. The second-order valence-corrected chi connectivity index (χ2v) is 1.36. The number of hydrogen-bond acceptors (Lipinski definition) is 3. The molecule has 0 bridgehead atoms. The second-order valence-electron chi connectivity index (χ2n) is 1.36. The third kappa shape index (κ3) is 331. The van der Waals surface area contributed by atoms with Gasteiger partial charge < -0.3 is 16.6 Å². The maximum absolute atomic E-state index is 9.25. The molecule has 0 fully saturated rings. The fourth-order valence-electron chi connectivity index (χ4n) is 0. The molecular formula is C7H19ClN2O2. The molecule has 4 nitrogen and oxygen atoms in total. The first-order chi connectivity index (χ1) is 5.10. The first-order valence-electron chi connectivity index (χ1n) is 3.36. The summed E-state index contributed by atoms with van der Waals surface area (Å²) in [6, 6.07) is 0. The van der Waals surface area contributed by atoms with E-state index in [2.05, 4.69) is 6.58 Å². The molecule has 0 aromatic carbocycles. The molecule has 0 saturated carbocycles. The summed E-state index contributed by atoms with van der Waals surface area (Å²) < 4.78 is 0. The molecule has 12 heavy (non-hydrogen) atoms. The van der Waals surface area contributed by atoms with E-state index in [1.54, 1.807) is 0 Å². The summed E-state index contributed by atoms with van der Waals surface area (Å²) in [6.07, 6.45) is 0.833. The molecule has 0 aromatic rings. The zero-order valence-electron chi connectivity index (χ0n) is 7.62. The standard InChI is InChI=1S/C3H4O2.2C2H7N.ClH/c1-2-3(4)5;2*1-2-3;/h2H,1H2,(H,4,5);2*2-3H2,1H3;1H. The van der Waals surface area contributed by atoms with Crippen molar-refractivity contribution in [2.24, 2.45) is 11.5 Å². The van der Waals surface area contributed by atoms with E-state index in [-0.39, 0.29) is 12.4 Å². The van der Waals surface area contributed by atoms with Crippen molar-refractivity contribution in [3.63, 3.8) is 0 Å². The van der Waals surface area contributed by atoms with Crippen LogP contribution < -0.4 is 11.5 Å². The minimum atomic E-state index is -0.981. The van der Waals surface area contributed by atoms with E-state index in [0.717, 1.165) is 19.2 Å². The molecule has 0 aliphatic rings. The van der Waals surface area contributed by atoms with Gasteiger partial charge in [-0.25, -0.2) is 4.79 Å². The van der Waals surface area contributed by atoms with Crippen molar-refractivity contribution in [1.29, 1.82) is 0 Å². The van der Waals surface area contributed by atoms with E-state index in [0.29, 0.717) is 0 Å². The molecule has 0 heterocycles. The Bertz CT molecular complexity index is 87.5. The molecule has 0 saturated heterocycles. The first kappa shape index (κ1) is 22.5. The largest absolute Gasteiger partial charge is 0.478 e. The lowest BCUT2D eigenvalue weighted by molar-refractivity contribution is -0.131. The van der Waals surface area contributed by atoms with Crippen molar-refractivity contribution in [2.45, 2.75) is 13.8 Å². The smallest absolute Gasteiger partial charge is 0.327 e.